The smallest absolute Gasteiger partial charge is 0.330 e. The van der Waals surface area contributed by atoms with Gasteiger partial charge in [0.2, 0.25) is 0 Å². The Bertz CT molecular complexity index is 173. The predicted octanol–water partition coefficient (Wildman–Crippen LogP) is 1.53. The van der Waals surface area contributed by atoms with Gasteiger partial charge in [0, 0.05) is 18.2 Å². The number of methoxy groups -OCH3 is 1. The number of hydrogen-bond donors (Lipinski definition) is 1. The van der Waals surface area contributed by atoms with Gasteiger partial charge in [-0.05, 0) is 20.8 Å². The van der Waals surface area contributed by atoms with Crippen molar-refractivity contribution in [3.8, 4) is 0 Å². The second kappa shape index (κ2) is 6.92. The molecule has 4 heteroatoms. The van der Waals surface area contributed by atoms with E-state index in [0.29, 0.717) is 6.54 Å². The van der Waals surface area contributed by atoms with Crippen molar-refractivity contribution in [3.05, 3.63) is 12.2 Å². The first-order chi connectivity index (χ1) is 5.45. The van der Waals surface area contributed by atoms with Crippen molar-refractivity contribution in [2.45, 2.75) is 26.3 Å². The molecular weight excluding hydrogens is 190 g/mol. The Hall–Kier alpha value is -0.540. The molecule has 0 aromatic carbocycles. The molecule has 0 aliphatic heterocycles. The molecular formula is C9H18ClNO2. The number of nitrogens with one attached hydrogen (secondary N) is 1. The van der Waals surface area contributed by atoms with Crippen molar-refractivity contribution < 1.29 is 9.53 Å². The van der Waals surface area contributed by atoms with E-state index in [0.717, 1.165) is 0 Å². The van der Waals surface area contributed by atoms with Gasteiger partial charge >= 0.3 is 5.97 Å². The molecule has 0 amide bonds. The molecule has 0 rings (SSSR count). The normalized spacial score (nSPS) is 11.1. The highest BCUT2D eigenvalue weighted by Gasteiger charge is 2.05. The zero-order valence-corrected chi connectivity index (χ0v) is 9.40. The van der Waals surface area contributed by atoms with E-state index in [1.807, 2.05) is 0 Å². The zero-order valence-electron chi connectivity index (χ0n) is 8.59. The molecule has 0 radical (unpaired) electrons. The second-order valence-electron chi connectivity index (χ2n) is 3.56. The average molecular weight is 208 g/mol. The van der Waals surface area contributed by atoms with Gasteiger partial charge in [-0.25, -0.2) is 4.79 Å². The van der Waals surface area contributed by atoms with Crippen LogP contribution in [0.15, 0.2) is 12.2 Å². The molecule has 0 heterocycles. The number of halogens is 1. The summed E-state index contributed by atoms with van der Waals surface area (Å²) < 4.78 is 4.43. The third-order valence-corrected chi connectivity index (χ3v) is 1.21. The Morgan fingerprint density at radius 1 is 1.46 bits per heavy atom. The molecule has 0 aromatic rings. The van der Waals surface area contributed by atoms with Crippen molar-refractivity contribution in [2.75, 3.05) is 13.7 Å². The summed E-state index contributed by atoms with van der Waals surface area (Å²) in [4.78, 5) is 10.6. The molecule has 78 valence electrons. The topological polar surface area (TPSA) is 38.3 Å². The molecule has 0 aliphatic rings. The minimum Gasteiger partial charge on any atom is -0.466 e. The highest BCUT2D eigenvalue weighted by Crippen LogP contribution is 1.96. The van der Waals surface area contributed by atoms with E-state index >= 15 is 0 Å². The van der Waals surface area contributed by atoms with E-state index in [4.69, 9.17) is 0 Å². The third-order valence-electron chi connectivity index (χ3n) is 1.21. The first-order valence-corrected chi connectivity index (χ1v) is 3.95. The van der Waals surface area contributed by atoms with Crippen LogP contribution in [0.3, 0.4) is 0 Å². The third kappa shape index (κ3) is 11.5. The van der Waals surface area contributed by atoms with Crippen LogP contribution in [-0.2, 0) is 9.53 Å². The summed E-state index contributed by atoms with van der Waals surface area (Å²) in [7, 11) is 1.36. The van der Waals surface area contributed by atoms with Gasteiger partial charge in [0.1, 0.15) is 0 Å². The summed E-state index contributed by atoms with van der Waals surface area (Å²) in [6.45, 7) is 6.88. The lowest BCUT2D eigenvalue weighted by molar-refractivity contribution is -0.134. The summed E-state index contributed by atoms with van der Waals surface area (Å²) >= 11 is 0. The van der Waals surface area contributed by atoms with E-state index in [-0.39, 0.29) is 23.9 Å². The fourth-order valence-electron chi connectivity index (χ4n) is 0.588. The van der Waals surface area contributed by atoms with Crippen LogP contribution in [0.1, 0.15) is 20.8 Å². The molecule has 0 unspecified atom stereocenters. The lowest BCUT2D eigenvalue weighted by Gasteiger charge is -2.18. The van der Waals surface area contributed by atoms with Gasteiger partial charge in [-0.1, -0.05) is 6.08 Å². The van der Waals surface area contributed by atoms with Gasteiger partial charge in [-0.2, -0.15) is 0 Å². The molecule has 0 spiro atoms. The second-order valence-corrected chi connectivity index (χ2v) is 3.56. The lowest BCUT2D eigenvalue weighted by Crippen LogP contribution is -2.35. The maximum absolute atomic E-state index is 10.6. The molecule has 0 atom stereocenters. The lowest BCUT2D eigenvalue weighted by atomic mass is 10.1. The minimum absolute atomic E-state index is 0. The van der Waals surface area contributed by atoms with Crippen LogP contribution in [-0.4, -0.2) is 25.2 Å². The van der Waals surface area contributed by atoms with Gasteiger partial charge in [0.25, 0.3) is 0 Å². The van der Waals surface area contributed by atoms with E-state index in [9.17, 15) is 4.79 Å². The molecule has 0 saturated heterocycles. The van der Waals surface area contributed by atoms with E-state index in [2.05, 4.69) is 30.8 Å². The summed E-state index contributed by atoms with van der Waals surface area (Å²) in [6.07, 6.45) is 3.16. The van der Waals surface area contributed by atoms with E-state index in [1.165, 1.54) is 13.2 Å². The Labute approximate surface area is 85.9 Å². The number of ether oxygens (including phenoxy) is 1. The monoisotopic (exact) mass is 207 g/mol. The number of carbonyl (C=O) groups is 1. The molecule has 13 heavy (non-hydrogen) atoms. The molecule has 0 saturated carbocycles. The Balaban J connectivity index is 0. The van der Waals surface area contributed by atoms with Crippen LogP contribution in [0.25, 0.3) is 0 Å². The SMILES string of the molecule is COC(=O)/C=C\CNC(C)(C)C.Cl. The highest BCUT2D eigenvalue weighted by molar-refractivity contribution is 5.85. The maximum atomic E-state index is 10.6. The number of esters is 1. The molecule has 0 bridgehead atoms. The van der Waals surface area contributed by atoms with Crippen LogP contribution in [0, 0.1) is 0 Å². The van der Waals surface area contributed by atoms with Crippen molar-refractivity contribution in [3.63, 3.8) is 0 Å². The van der Waals surface area contributed by atoms with Gasteiger partial charge in [0.15, 0.2) is 0 Å². The first-order valence-electron chi connectivity index (χ1n) is 3.95. The number of rotatable bonds is 3. The van der Waals surface area contributed by atoms with Crippen LogP contribution < -0.4 is 5.32 Å². The van der Waals surface area contributed by atoms with Crippen molar-refractivity contribution >= 4 is 18.4 Å². The maximum Gasteiger partial charge on any atom is 0.330 e. The van der Waals surface area contributed by atoms with Crippen LogP contribution in [0.4, 0.5) is 0 Å². The Kier molecular flexibility index (Phi) is 7.96. The van der Waals surface area contributed by atoms with Crippen molar-refractivity contribution in [1.82, 2.24) is 5.32 Å². The molecule has 3 nitrogen and oxygen atoms in total. The van der Waals surface area contributed by atoms with Gasteiger partial charge in [-0.15, -0.1) is 12.4 Å². The van der Waals surface area contributed by atoms with Crippen molar-refractivity contribution in [2.24, 2.45) is 0 Å². The van der Waals surface area contributed by atoms with Gasteiger partial charge < -0.3 is 10.1 Å². The number of hydrogen-bond acceptors (Lipinski definition) is 3. The predicted molar refractivity (Wildman–Crippen MR) is 56.2 cm³/mol. The van der Waals surface area contributed by atoms with Gasteiger partial charge in [-0.3, -0.25) is 0 Å². The fourth-order valence-corrected chi connectivity index (χ4v) is 0.588. The van der Waals surface area contributed by atoms with Crippen LogP contribution in [0.5, 0.6) is 0 Å². The highest BCUT2D eigenvalue weighted by atomic mass is 35.5. The molecule has 0 fully saturated rings. The van der Waals surface area contributed by atoms with Gasteiger partial charge in [0.05, 0.1) is 7.11 Å². The fraction of sp³-hybridized carbons (Fsp3) is 0.667. The largest absolute Gasteiger partial charge is 0.466 e. The Morgan fingerprint density at radius 3 is 2.38 bits per heavy atom. The zero-order chi connectivity index (χ0) is 9.61. The number of carbonyl (C=O) groups excluding carboxylic acids is 1. The summed E-state index contributed by atoms with van der Waals surface area (Å²) in [5, 5.41) is 3.21. The molecule has 0 aliphatic carbocycles. The summed E-state index contributed by atoms with van der Waals surface area (Å²) in [5.41, 5.74) is 0.0838. The van der Waals surface area contributed by atoms with Crippen LogP contribution in [0.2, 0.25) is 0 Å². The molecule has 1 N–H and O–H groups in total. The quantitative estimate of drug-likeness (QED) is 0.564. The van der Waals surface area contributed by atoms with E-state index in [1.54, 1.807) is 6.08 Å². The summed E-state index contributed by atoms with van der Waals surface area (Å²) in [6, 6.07) is 0. The summed E-state index contributed by atoms with van der Waals surface area (Å²) in [5.74, 6) is -0.314. The first kappa shape index (κ1) is 15.0. The molecule has 0 aromatic heterocycles. The van der Waals surface area contributed by atoms with E-state index < -0.39 is 0 Å². The minimum atomic E-state index is -0.314. The standard InChI is InChI=1S/C9H17NO2.ClH/c1-9(2,3)10-7-5-6-8(11)12-4;/h5-6,10H,7H2,1-4H3;1H/b6-5-;. The van der Waals surface area contributed by atoms with Crippen LogP contribution >= 0.6 is 12.4 Å². The Morgan fingerprint density at radius 2 is 2.00 bits per heavy atom. The van der Waals surface area contributed by atoms with Crippen molar-refractivity contribution in [1.29, 1.82) is 0 Å². The average Bonchev–Trinajstić information content (AvgIpc) is 1.96.